The second-order valence-electron chi connectivity index (χ2n) is 5.59. The van der Waals surface area contributed by atoms with Crippen LogP contribution in [0.25, 0.3) is 0 Å². The van der Waals surface area contributed by atoms with E-state index >= 15 is 0 Å². The highest BCUT2D eigenvalue weighted by atomic mass is 16.4. The molecule has 1 saturated carbocycles. The summed E-state index contributed by atoms with van der Waals surface area (Å²) in [5, 5.41) is 11.8. The van der Waals surface area contributed by atoms with E-state index in [1.807, 2.05) is 0 Å². The Kier molecular flexibility index (Phi) is 4.46. The summed E-state index contributed by atoms with van der Waals surface area (Å²) in [6.45, 7) is 0.546. The lowest BCUT2D eigenvalue weighted by molar-refractivity contribution is -0.142. The molecule has 1 aliphatic carbocycles. The van der Waals surface area contributed by atoms with Gasteiger partial charge in [0.15, 0.2) is 0 Å². The third kappa shape index (κ3) is 3.20. The summed E-state index contributed by atoms with van der Waals surface area (Å²) in [5.41, 5.74) is 5.28. The average molecular weight is 283 g/mol. The Labute approximate surface area is 117 Å². The Balaban J connectivity index is 1.83. The van der Waals surface area contributed by atoms with Crippen molar-refractivity contribution in [3.63, 3.8) is 0 Å². The van der Waals surface area contributed by atoms with Crippen molar-refractivity contribution in [2.24, 2.45) is 11.7 Å². The third-order valence-corrected chi connectivity index (χ3v) is 4.25. The molecule has 0 aromatic rings. The van der Waals surface area contributed by atoms with Crippen LogP contribution in [0.2, 0.25) is 0 Å². The molecule has 7 heteroatoms. The smallest absolute Gasteiger partial charge is 0.318 e. The van der Waals surface area contributed by atoms with Gasteiger partial charge in [-0.15, -0.1) is 0 Å². The molecule has 2 fully saturated rings. The normalized spacial score (nSPS) is 30.0. The number of carboxylic acids is 1. The largest absolute Gasteiger partial charge is 0.481 e. The second-order valence-corrected chi connectivity index (χ2v) is 5.59. The van der Waals surface area contributed by atoms with Crippen molar-refractivity contribution < 1.29 is 19.5 Å². The first-order valence-electron chi connectivity index (χ1n) is 7.08. The van der Waals surface area contributed by atoms with Gasteiger partial charge in [0.25, 0.3) is 0 Å². The molecule has 1 saturated heterocycles. The molecule has 0 aromatic heterocycles. The number of amides is 3. The Morgan fingerprint density at radius 1 is 1.10 bits per heavy atom. The van der Waals surface area contributed by atoms with Crippen LogP contribution < -0.4 is 11.1 Å². The SMILES string of the molecule is NC(=O)C1CCCN1C(=O)NC1CCC(C(=O)O)CC1. The first-order valence-corrected chi connectivity index (χ1v) is 7.08. The molecule has 1 aliphatic heterocycles. The van der Waals surface area contributed by atoms with E-state index in [0.29, 0.717) is 38.6 Å². The highest BCUT2D eigenvalue weighted by Gasteiger charge is 2.34. The second kappa shape index (κ2) is 6.11. The molecule has 0 radical (unpaired) electrons. The third-order valence-electron chi connectivity index (χ3n) is 4.25. The Hall–Kier alpha value is -1.79. The van der Waals surface area contributed by atoms with Crippen molar-refractivity contribution in [3.8, 4) is 0 Å². The average Bonchev–Trinajstić information content (AvgIpc) is 2.88. The van der Waals surface area contributed by atoms with Gasteiger partial charge in [0.2, 0.25) is 5.91 Å². The minimum atomic E-state index is -0.761. The lowest BCUT2D eigenvalue weighted by Crippen LogP contribution is -2.51. The van der Waals surface area contributed by atoms with E-state index in [0.717, 1.165) is 6.42 Å². The van der Waals surface area contributed by atoms with Crippen LogP contribution in [0, 0.1) is 5.92 Å². The topological polar surface area (TPSA) is 113 Å². The van der Waals surface area contributed by atoms with Crippen molar-refractivity contribution in [2.45, 2.75) is 50.6 Å². The first kappa shape index (κ1) is 14.6. The van der Waals surface area contributed by atoms with Crippen LogP contribution in [0.15, 0.2) is 0 Å². The first-order chi connectivity index (χ1) is 9.49. The molecule has 1 atom stereocenters. The summed E-state index contributed by atoms with van der Waals surface area (Å²) in [5.74, 6) is -1.52. The molecule has 0 spiro atoms. The maximum atomic E-state index is 12.1. The number of hydrogen-bond acceptors (Lipinski definition) is 3. The molecular formula is C13H21N3O4. The van der Waals surface area contributed by atoms with Crippen molar-refractivity contribution in [1.29, 1.82) is 0 Å². The highest BCUT2D eigenvalue weighted by molar-refractivity contribution is 5.86. The summed E-state index contributed by atoms with van der Waals surface area (Å²) in [6.07, 6.45) is 3.90. The van der Waals surface area contributed by atoms with Gasteiger partial charge < -0.3 is 21.1 Å². The molecule has 112 valence electrons. The fraction of sp³-hybridized carbons (Fsp3) is 0.769. The number of nitrogens with zero attached hydrogens (tertiary/aromatic N) is 1. The number of carbonyl (C=O) groups excluding carboxylic acids is 2. The number of hydrogen-bond donors (Lipinski definition) is 3. The molecule has 2 aliphatic rings. The monoisotopic (exact) mass is 283 g/mol. The summed E-state index contributed by atoms with van der Waals surface area (Å²) >= 11 is 0. The Bertz CT molecular complexity index is 404. The lowest BCUT2D eigenvalue weighted by atomic mass is 9.86. The van der Waals surface area contributed by atoms with Gasteiger partial charge in [-0.2, -0.15) is 0 Å². The van der Waals surface area contributed by atoms with E-state index < -0.39 is 17.9 Å². The predicted molar refractivity (Wildman–Crippen MR) is 70.8 cm³/mol. The van der Waals surface area contributed by atoms with E-state index in [-0.39, 0.29) is 18.0 Å². The molecule has 0 aromatic carbocycles. The van der Waals surface area contributed by atoms with E-state index in [9.17, 15) is 14.4 Å². The molecular weight excluding hydrogens is 262 g/mol. The zero-order chi connectivity index (χ0) is 14.7. The number of nitrogens with one attached hydrogen (secondary N) is 1. The maximum Gasteiger partial charge on any atom is 0.318 e. The number of urea groups is 1. The van der Waals surface area contributed by atoms with E-state index in [1.54, 1.807) is 0 Å². The van der Waals surface area contributed by atoms with Crippen LogP contribution in [0.5, 0.6) is 0 Å². The summed E-state index contributed by atoms with van der Waals surface area (Å²) in [4.78, 5) is 35.8. The predicted octanol–water partition coefficient (Wildman–Crippen LogP) is 0.289. The fourth-order valence-electron chi connectivity index (χ4n) is 3.05. The quantitative estimate of drug-likeness (QED) is 0.690. The van der Waals surface area contributed by atoms with Gasteiger partial charge >= 0.3 is 12.0 Å². The Morgan fingerprint density at radius 3 is 2.30 bits per heavy atom. The molecule has 2 rings (SSSR count). The van der Waals surface area contributed by atoms with Gasteiger partial charge in [0.05, 0.1) is 5.92 Å². The standard InChI is InChI=1S/C13H21N3O4/c14-11(17)10-2-1-7-16(10)13(20)15-9-5-3-8(4-6-9)12(18)19/h8-10H,1-7H2,(H2,14,17)(H,15,20)(H,18,19). The molecule has 7 nitrogen and oxygen atoms in total. The molecule has 0 bridgehead atoms. The summed E-state index contributed by atoms with van der Waals surface area (Å²) in [7, 11) is 0. The van der Waals surface area contributed by atoms with Gasteiger partial charge in [-0.25, -0.2) is 4.79 Å². The van der Waals surface area contributed by atoms with E-state index in [1.165, 1.54) is 4.90 Å². The summed E-state index contributed by atoms with van der Waals surface area (Å²) in [6, 6.07) is -0.775. The van der Waals surface area contributed by atoms with Gasteiger partial charge in [0, 0.05) is 12.6 Å². The van der Waals surface area contributed by atoms with Crippen LogP contribution in [-0.2, 0) is 9.59 Å². The summed E-state index contributed by atoms with van der Waals surface area (Å²) < 4.78 is 0. The van der Waals surface area contributed by atoms with Crippen LogP contribution in [-0.4, -0.2) is 46.5 Å². The van der Waals surface area contributed by atoms with E-state index in [2.05, 4.69) is 5.32 Å². The molecule has 1 unspecified atom stereocenters. The number of carbonyl (C=O) groups is 3. The van der Waals surface area contributed by atoms with Crippen LogP contribution in [0.1, 0.15) is 38.5 Å². The number of carboxylic acid groups (broad SMARTS) is 1. The van der Waals surface area contributed by atoms with Crippen molar-refractivity contribution in [2.75, 3.05) is 6.54 Å². The molecule has 20 heavy (non-hydrogen) atoms. The van der Waals surface area contributed by atoms with Crippen LogP contribution in [0.3, 0.4) is 0 Å². The minimum absolute atomic E-state index is 0.00720. The number of nitrogens with two attached hydrogens (primary N) is 1. The van der Waals surface area contributed by atoms with Gasteiger partial charge in [-0.3, -0.25) is 9.59 Å². The molecule has 4 N–H and O–H groups in total. The van der Waals surface area contributed by atoms with Gasteiger partial charge in [0.1, 0.15) is 6.04 Å². The van der Waals surface area contributed by atoms with Crippen molar-refractivity contribution >= 4 is 17.9 Å². The number of rotatable bonds is 3. The molecule has 3 amide bonds. The maximum absolute atomic E-state index is 12.1. The minimum Gasteiger partial charge on any atom is -0.481 e. The van der Waals surface area contributed by atoms with Crippen LogP contribution >= 0.6 is 0 Å². The zero-order valence-electron chi connectivity index (χ0n) is 11.4. The van der Waals surface area contributed by atoms with Crippen molar-refractivity contribution in [3.05, 3.63) is 0 Å². The fourth-order valence-corrected chi connectivity index (χ4v) is 3.05. The van der Waals surface area contributed by atoms with E-state index in [4.69, 9.17) is 10.8 Å². The number of aliphatic carboxylic acids is 1. The number of likely N-dealkylation sites (tertiary alicyclic amines) is 1. The van der Waals surface area contributed by atoms with Gasteiger partial charge in [-0.05, 0) is 38.5 Å². The zero-order valence-corrected chi connectivity index (χ0v) is 11.4. The van der Waals surface area contributed by atoms with Crippen LogP contribution in [0.4, 0.5) is 4.79 Å². The van der Waals surface area contributed by atoms with Crippen molar-refractivity contribution in [1.82, 2.24) is 10.2 Å². The number of primary amides is 1. The highest BCUT2D eigenvalue weighted by Crippen LogP contribution is 2.25. The van der Waals surface area contributed by atoms with Gasteiger partial charge in [-0.1, -0.05) is 0 Å². The molecule has 1 heterocycles. The lowest BCUT2D eigenvalue weighted by Gasteiger charge is -2.30. The Morgan fingerprint density at radius 2 is 1.75 bits per heavy atom.